The van der Waals surface area contributed by atoms with E-state index in [1.807, 2.05) is 31.2 Å². The molecule has 0 unspecified atom stereocenters. The normalized spacial score (nSPS) is 17.0. The molecule has 0 bridgehead atoms. The van der Waals surface area contributed by atoms with Gasteiger partial charge in [-0.1, -0.05) is 29.5 Å². The number of nitro groups is 1. The van der Waals surface area contributed by atoms with Crippen LogP contribution in [0, 0.1) is 10.1 Å². The maximum atomic E-state index is 12.7. The van der Waals surface area contributed by atoms with Crippen LogP contribution in [0.15, 0.2) is 36.4 Å². The second-order valence-corrected chi connectivity index (χ2v) is 6.89. The zero-order chi connectivity index (χ0) is 18.1. The number of thiophene rings is 1. The molecule has 3 rings (SSSR count). The maximum absolute atomic E-state index is 12.7. The van der Waals surface area contributed by atoms with Crippen LogP contribution in [0.25, 0.3) is 0 Å². The molecule has 1 amide bonds. The molecule has 0 radical (unpaired) electrons. The van der Waals surface area contributed by atoms with Gasteiger partial charge in [0.05, 0.1) is 4.92 Å². The third kappa shape index (κ3) is 3.25. The minimum atomic E-state index is -0.984. The van der Waals surface area contributed by atoms with Gasteiger partial charge in [0.1, 0.15) is 4.88 Å². The number of anilines is 1. The van der Waals surface area contributed by atoms with Gasteiger partial charge in [-0.15, -0.1) is 0 Å². The molecule has 0 N–H and O–H groups in total. The van der Waals surface area contributed by atoms with E-state index in [9.17, 15) is 19.7 Å². The molecule has 1 aliphatic heterocycles. The second-order valence-electron chi connectivity index (χ2n) is 5.83. The van der Waals surface area contributed by atoms with E-state index in [4.69, 9.17) is 4.74 Å². The first kappa shape index (κ1) is 17.1. The Morgan fingerprint density at radius 1 is 1.32 bits per heavy atom. The fraction of sp³-hybridized carbons (Fsp3) is 0.294. The number of carbonyl (C=O) groups excluding carboxylic acids is 2. The van der Waals surface area contributed by atoms with Crippen molar-refractivity contribution in [2.75, 3.05) is 4.90 Å². The van der Waals surface area contributed by atoms with E-state index in [-0.39, 0.29) is 21.8 Å². The van der Waals surface area contributed by atoms with Crippen molar-refractivity contribution in [3.8, 4) is 0 Å². The lowest BCUT2D eigenvalue weighted by molar-refractivity contribution is -0.380. The molecule has 25 heavy (non-hydrogen) atoms. The highest BCUT2D eigenvalue weighted by molar-refractivity contribution is 7.17. The SMILES string of the molecule is C[C@@H](OC(=O)c1ccc([N+](=O)[O-])s1)C(=O)N1c2ccccc2C[C@@H]1C. The van der Waals surface area contributed by atoms with E-state index in [1.165, 1.54) is 19.1 Å². The lowest BCUT2D eigenvalue weighted by atomic mass is 10.1. The van der Waals surface area contributed by atoms with Crippen LogP contribution in [0.4, 0.5) is 10.7 Å². The molecular weight excluding hydrogens is 344 g/mol. The smallest absolute Gasteiger partial charge is 0.349 e. The standard InChI is InChI=1S/C17H16N2O5S/c1-10-9-12-5-3-4-6-13(12)18(10)16(20)11(2)24-17(21)14-7-8-15(25-14)19(22)23/h3-8,10-11H,9H2,1-2H3/t10-,11+/m0/s1. The highest BCUT2D eigenvalue weighted by atomic mass is 32.1. The summed E-state index contributed by atoms with van der Waals surface area (Å²) < 4.78 is 5.22. The van der Waals surface area contributed by atoms with Gasteiger partial charge in [0.15, 0.2) is 6.10 Å². The molecule has 1 aromatic heterocycles. The molecule has 0 saturated carbocycles. The molecule has 130 valence electrons. The summed E-state index contributed by atoms with van der Waals surface area (Å²) in [6.07, 6.45) is -0.234. The molecule has 0 saturated heterocycles. The molecule has 0 spiro atoms. The fourth-order valence-electron chi connectivity index (χ4n) is 2.90. The van der Waals surface area contributed by atoms with Crippen LogP contribution in [0.3, 0.4) is 0 Å². The number of hydrogen-bond donors (Lipinski definition) is 0. The van der Waals surface area contributed by atoms with Crippen molar-refractivity contribution >= 4 is 33.9 Å². The number of para-hydroxylation sites is 1. The highest BCUT2D eigenvalue weighted by Gasteiger charge is 2.34. The van der Waals surface area contributed by atoms with Crippen molar-refractivity contribution in [1.29, 1.82) is 0 Å². The number of rotatable bonds is 4. The van der Waals surface area contributed by atoms with Crippen molar-refractivity contribution in [1.82, 2.24) is 0 Å². The first-order valence-corrected chi connectivity index (χ1v) is 8.56. The lowest BCUT2D eigenvalue weighted by Gasteiger charge is -2.25. The van der Waals surface area contributed by atoms with Crippen LogP contribution in [-0.4, -0.2) is 28.9 Å². The number of ether oxygens (including phenoxy) is 1. The fourth-order valence-corrected chi connectivity index (χ4v) is 3.61. The average Bonchev–Trinajstić information content (AvgIpc) is 3.18. The monoisotopic (exact) mass is 360 g/mol. The van der Waals surface area contributed by atoms with Crippen LogP contribution >= 0.6 is 11.3 Å². The van der Waals surface area contributed by atoms with Crippen LogP contribution in [0.5, 0.6) is 0 Å². The van der Waals surface area contributed by atoms with Gasteiger partial charge < -0.3 is 9.64 Å². The number of esters is 1. The Bertz CT molecular complexity index is 847. The summed E-state index contributed by atoms with van der Waals surface area (Å²) in [7, 11) is 0. The number of fused-ring (bicyclic) bond motifs is 1. The van der Waals surface area contributed by atoms with E-state index >= 15 is 0 Å². The van der Waals surface area contributed by atoms with Gasteiger partial charge >= 0.3 is 11.0 Å². The Balaban J connectivity index is 1.72. The number of carbonyl (C=O) groups is 2. The van der Waals surface area contributed by atoms with Crippen LogP contribution in [0.2, 0.25) is 0 Å². The third-order valence-corrected chi connectivity index (χ3v) is 5.07. The van der Waals surface area contributed by atoms with Crippen molar-refractivity contribution in [3.05, 3.63) is 57.0 Å². The lowest BCUT2D eigenvalue weighted by Crippen LogP contribution is -2.43. The van der Waals surface area contributed by atoms with Crippen molar-refractivity contribution in [2.45, 2.75) is 32.4 Å². The number of hydrogen-bond acceptors (Lipinski definition) is 6. The predicted molar refractivity (Wildman–Crippen MR) is 92.9 cm³/mol. The van der Waals surface area contributed by atoms with Crippen LogP contribution < -0.4 is 4.90 Å². The summed E-state index contributed by atoms with van der Waals surface area (Å²) in [5.41, 5.74) is 1.91. The van der Waals surface area contributed by atoms with E-state index in [0.29, 0.717) is 0 Å². The summed E-state index contributed by atoms with van der Waals surface area (Å²) >= 11 is 0.726. The quantitative estimate of drug-likeness (QED) is 0.474. The molecule has 1 aliphatic rings. The average molecular weight is 360 g/mol. The van der Waals surface area contributed by atoms with Crippen LogP contribution in [-0.2, 0) is 16.0 Å². The minimum Gasteiger partial charge on any atom is -0.448 e. The summed E-state index contributed by atoms with van der Waals surface area (Å²) in [6.45, 7) is 3.45. The van der Waals surface area contributed by atoms with E-state index in [1.54, 1.807) is 4.90 Å². The molecular formula is C17H16N2O5S. The largest absolute Gasteiger partial charge is 0.448 e. The molecule has 0 aliphatic carbocycles. The summed E-state index contributed by atoms with van der Waals surface area (Å²) in [5, 5.41) is 10.6. The summed E-state index contributed by atoms with van der Waals surface area (Å²) in [6, 6.07) is 10.2. The number of nitrogens with zero attached hydrogens (tertiary/aromatic N) is 2. The number of amides is 1. The Morgan fingerprint density at radius 3 is 2.72 bits per heavy atom. The molecule has 8 heteroatoms. The maximum Gasteiger partial charge on any atom is 0.349 e. The molecule has 2 aromatic rings. The molecule has 2 heterocycles. The van der Waals surface area contributed by atoms with E-state index in [2.05, 4.69) is 0 Å². The first-order valence-electron chi connectivity index (χ1n) is 7.74. The van der Waals surface area contributed by atoms with Gasteiger partial charge in [-0.3, -0.25) is 14.9 Å². The van der Waals surface area contributed by atoms with Gasteiger partial charge in [0.2, 0.25) is 0 Å². The Hall–Kier alpha value is -2.74. The van der Waals surface area contributed by atoms with Crippen molar-refractivity contribution < 1.29 is 19.2 Å². The van der Waals surface area contributed by atoms with E-state index < -0.39 is 17.0 Å². The number of benzene rings is 1. The van der Waals surface area contributed by atoms with Crippen molar-refractivity contribution in [2.24, 2.45) is 0 Å². The van der Waals surface area contributed by atoms with Gasteiger partial charge in [-0.25, -0.2) is 4.79 Å². The first-order chi connectivity index (χ1) is 11.9. The molecule has 7 nitrogen and oxygen atoms in total. The van der Waals surface area contributed by atoms with E-state index in [0.717, 1.165) is 29.0 Å². The molecule has 2 atom stereocenters. The van der Waals surface area contributed by atoms with Gasteiger partial charge in [0.25, 0.3) is 5.91 Å². The van der Waals surface area contributed by atoms with Crippen LogP contribution in [0.1, 0.15) is 29.1 Å². The Kier molecular flexibility index (Phi) is 4.54. The Labute approximate surface area is 148 Å². The summed E-state index contributed by atoms with van der Waals surface area (Å²) in [4.78, 5) is 36.7. The molecule has 0 fully saturated rings. The zero-order valence-electron chi connectivity index (χ0n) is 13.7. The molecule has 1 aromatic carbocycles. The Morgan fingerprint density at radius 2 is 2.04 bits per heavy atom. The third-order valence-electron chi connectivity index (χ3n) is 4.05. The zero-order valence-corrected chi connectivity index (χ0v) is 14.5. The van der Waals surface area contributed by atoms with Gasteiger partial charge in [-0.05, 0) is 38.0 Å². The highest BCUT2D eigenvalue weighted by Crippen LogP contribution is 2.32. The topological polar surface area (TPSA) is 89.7 Å². The van der Waals surface area contributed by atoms with Gasteiger partial charge in [-0.2, -0.15) is 0 Å². The second kappa shape index (κ2) is 6.64. The van der Waals surface area contributed by atoms with Crippen molar-refractivity contribution in [3.63, 3.8) is 0 Å². The predicted octanol–water partition coefficient (Wildman–Crippen LogP) is 3.18. The minimum absolute atomic E-state index is 0.0196. The summed E-state index contributed by atoms with van der Waals surface area (Å²) in [5.74, 6) is -1.05. The van der Waals surface area contributed by atoms with Gasteiger partial charge in [0, 0.05) is 17.8 Å².